The number of nitrogens with two attached hydrogens (primary N) is 1. The van der Waals surface area contributed by atoms with Crippen molar-refractivity contribution in [2.75, 3.05) is 19.6 Å². The third-order valence-corrected chi connectivity index (χ3v) is 5.18. The van der Waals surface area contributed by atoms with Gasteiger partial charge in [-0.3, -0.25) is 4.90 Å². The molecule has 0 fully saturated rings. The van der Waals surface area contributed by atoms with E-state index >= 15 is 0 Å². The minimum atomic E-state index is -0.756. The first-order valence-electron chi connectivity index (χ1n) is 8.23. The van der Waals surface area contributed by atoms with Crippen LogP contribution in [0.15, 0.2) is 47.9 Å². The van der Waals surface area contributed by atoms with E-state index in [2.05, 4.69) is 41.3 Å². The molecule has 1 aromatic carbocycles. The Balaban J connectivity index is 1.51. The van der Waals surface area contributed by atoms with Crippen LogP contribution in [0.1, 0.15) is 23.3 Å². The van der Waals surface area contributed by atoms with Gasteiger partial charge in [0.1, 0.15) is 0 Å². The Morgan fingerprint density at radius 2 is 2.08 bits per heavy atom. The van der Waals surface area contributed by atoms with Crippen LogP contribution in [-0.4, -0.2) is 30.6 Å². The lowest BCUT2D eigenvalue weighted by atomic mass is 10.0. The van der Waals surface area contributed by atoms with Crippen molar-refractivity contribution < 1.29 is 9.53 Å². The molecule has 1 aromatic heterocycles. The van der Waals surface area contributed by atoms with Gasteiger partial charge >= 0.3 is 6.09 Å². The van der Waals surface area contributed by atoms with Gasteiger partial charge in [0.2, 0.25) is 0 Å². The third kappa shape index (κ3) is 4.46. The molecule has 126 valence electrons. The lowest BCUT2D eigenvalue weighted by molar-refractivity contribution is 0.211. The standard InChI is InChI=1S/C19H22N2O2S/c20-19(22)23-17-10-14-24-18(17)16-8-12-21(13-9-16)11-4-7-15-5-2-1-3-6-15/h1-3,5-6,8,10,14H,4,7,9,11-13H2,(H2,20,22). The highest BCUT2D eigenvalue weighted by Gasteiger charge is 2.17. The molecule has 3 rings (SSSR count). The van der Waals surface area contributed by atoms with Crippen LogP contribution in [0, 0.1) is 0 Å². The Bertz CT molecular complexity index is 709. The number of amides is 1. The molecule has 1 aliphatic rings. The van der Waals surface area contributed by atoms with Crippen molar-refractivity contribution in [1.29, 1.82) is 0 Å². The minimum absolute atomic E-state index is 0.580. The number of primary amides is 1. The van der Waals surface area contributed by atoms with Crippen molar-refractivity contribution in [3.63, 3.8) is 0 Å². The number of nitrogens with zero attached hydrogens (tertiary/aromatic N) is 1. The summed E-state index contributed by atoms with van der Waals surface area (Å²) < 4.78 is 5.07. The first-order chi connectivity index (χ1) is 11.7. The second-order valence-electron chi connectivity index (χ2n) is 5.90. The van der Waals surface area contributed by atoms with E-state index < -0.39 is 6.09 Å². The van der Waals surface area contributed by atoms with E-state index in [1.54, 1.807) is 17.4 Å². The van der Waals surface area contributed by atoms with Gasteiger partial charge in [0, 0.05) is 13.1 Å². The minimum Gasteiger partial charge on any atom is -0.409 e. The van der Waals surface area contributed by atoms with E-state index in [1.165, 1.54) is 17.6 Å². The molecule has 5 heteroatoms. The van der Waals surface area contributed by atoms with Gasteiger partial charge in [0.05, 0.1) is 4.88 Å². The number of carbonyl (C=O) groups excluding carboxylic acids is 1. The van der Waals surface area contributed by atoms with Gasteiger partial charge in [-0.1, -0.05) is 36.4 Å². The highest BCUT2D eigenvalue weighted by molar-refractivity contribution is 7.11. The quantitative estimate of drug-likeness (QED) is 0.865. The summed E-state index contributed by atoms with van der Waals surface area (Å²) in [5.74, 6) is 0.580. The average Bonchev–Trinajstić information content (AvgIpc) is 3.04. The summed E-state index contributed by atoms with van der Waals surface area (Å²) >= 11 is 1.59. The van der Waals surface area contributed by atoms with Crippen LogP contribution in [0.25, 0.3) is 5.57 Å². The predicted octanol–water partition coefficient (Wildman–Crippen LogP) is 3.93. The fourth-order valence-corrected chi connectivity index (χ4v) is 3.88. The van der Waals surface area contributed by atoms with Crippen LogP contribution in [0.2, 0.25) is 0 Å². The topological polar surface area (TPSA) is 55.6 Å². The van der Waals surface area contributed by atoms with Crippen molar-refractivity contribution >= 4 is 23.0 Å². The van der Waals surface area contributed by atoms with E-state index in [1.807, 2.05) is 5.38 Å². The molecule has 0 spiro atoms. The van der Waals surface area contributed by atoms with Crippen LogP contribution in [0.4, 0.5) is 4.79 Å². The fraction of sp³-hybridized carbons (Fsp3) is 0.316. The number of hydrogen-bond acceptors (Lipinski definition) is 4. The summed E-state index contributed by atoms with van der Waals surface area (Å²) in [6.45, 7) is 3.08. The zero-order valence-corrected chi connectivity index (χ0v) is 14.4. The molecule has 0 atom stereocenters. The number of thiophene rings is 1. The normalized spacial score (nSPS) is 15.1. The molecule has 2 aromatic rings. The molecule has 0 saturated carbocycles. The van der Waals surface area contributed by atoms with Crippen LogP contribution >= 0.6 is 11.3 Å². The predicted molar refractivity (Wildman–Crippen MR) is 98.3 cm³/mol. The maximum atomic E-state index is 11.0. The van der Waals surface area contributed by atoms with Crippen molar-refractivity contribution in [3.05, 3.63) is 58.3 Å². The molecule has 1 aliphatic heterocycles. The summed E-state index contributed by atoms with van der Waals surface area (Å²) in [6.07, 6.45) is 4.75. The van der Waals surface area contributed by atoms with E-state index in [4.69, 9.17) is 10.5 Å². The zero-order valence-electron chi connectivity index (χ0n) is 13.6. The van der Waals surface area contributed by atoms with Gasteiger partial charge in [-0.25, -0.2) is 4.79 Å². The summed E-state index contributed by atoms with van der Waals surface area (Å²) in [4.78, 5) is 14.5. The van der Waals surface area contributed by atoms with Gasteiger partial charge in [-0.15, -0.1) is 11.3 Å². The lowest BCUT2D eigenvalue weighted by Gasteiger charge is -2.26. The summed E-state index contributed by atoms with van der Waals surface area (Å²) in [5, 5.41) is 1.93. The first-order valence-corrected chi connectivity index (χ1v) is 9.11. The first kappa shape index (κ1) is 16.7. The second kappa shape index (κ2) is 8.13. The molecule has 0 unspecified atom stereocenters. The zero-order chi connectivity index (χ0) is 16.8. The van der Waals surface area contributed by atoms with E-state index in [-0.39, 0.29) is 0 Å². The van der Waals surface area contributed by atoms with Crippen LogP contribution in [0.3, 0.4) is 0 Å². The SMILES string of the molecule is NC(=O)Oc1ccsc1C1=CCN(CCCc2ccccc2)CC1. The van der Waals surface area contributed by atoms with Gasteiger partial charge in [-0.05, 0) is 48.4 Å². The molecule has 1 amide bonds. The highest BCUT2D eigenvalue weighted by atomic mass is 32.1. The number of rotatable bonds is 6. The van der Waals surface area contributed by atoms with Crippen molar-refractivity contribution in [3.8, 4) is 5.75 Å². The van der Waals surface area contributed by atoms with Gasteiger partial charge in [0.15, 0.2) is 5.75 Å². The molecule has 0 aliphatic carbocycles. The lowest BCUT2D eigenvalue weighted by Crippen LogP contribution is -2.29. The average molecular weight is 342 g/mol. The van der Waals surface area contributed by atoms with Crippen molar-refractivity contribution in [1.82, 2.24) is 4.90 Å². The van der Waals surface area contributed by atoms with Crippen molar-refractivity contribution in [2.45, 2.75) is 19.3 Å². The summed E-state index contributed by atoms with van der Waals surface area (Å²) in [7, 11) is 0. The molecular weight excluding hydrogens is 320 g/mol. The summed E-state index contributed by atoms with van der Waals surface area (Å²) in [6, 6.07) is 12.4. The number of carbonyl (C=O) groups is 1. The monoisotopic (exact) mass is 342 g/mol. The van der Waals surface area contributed by atoms with Crippen LogP contribution < -0.4 is 10.5 Å². The molecule has 0 saturated heterocycles. The third-order valence-electron chi connectivity index (χ3n) is 4.21. The Hall–Kier alpha value is -2.11. The molecule has 0 bridgehead atoms. The molecular formula is C19H22N2O2S. The Kier molecular flexibility index (Phi) is 5.67. The summed E-state index contributed by atoms with van der Waals surface area (Å²) in [5.41, 5.74) is 7.77. The highest BCUT2D eigenvalue weighted by Crippen LogP contribution is 2.35. The van der Waals surface area contributed by atoms with E-state index in [0.29, 0.717) is 5.75 Å². The molecule has 4 nitrogen and oxygen atoms in total. The Morgan fingerprint density at radius 3 is 2.79 bits per heavy atom. The molecule has 24 heavy (non-hydrogen) atoms. The van der Waals surface area contributed by atoms with Gasteiger partial charge in [-0.2, -0.15) is 0 Å². The Morgan fingerprint density at radius 1 is 1.25 bits per heavy atom. The maximum absolute atomic E-state index is 11.0. The molecule has 0 radical (unpaired) electrons. The van der Waals surface area contributed by atoms with Gasteiger partial charge in [0.25, 0.3) is 0 Å². The van der Waals surface area contributed by atoms with E-state index in [9.17, 15) is 4.79 Å². The van der Waals surface area contributed by atoms with Crippen molar-refractivity contribution in [2.24, 2.45) is 5.73 Å². The number of aryl methyl sites for hydroxylation is 1. The number of benzene rings is 1. The van der Waals surface area contributed by atoms with Crippen LogP contribution in [-0.2, 0) is 6.42 Å². The smallest absolute Gasteiger partial charge is 0.409 e. The second-order valence-corrected chi connectivity index (χ2v) is 6.82. The number of ether oxygens (including phenoxy) is 1. The Labute approximate surface area is 146 Å². The fourth-order valence-electron chi connectivity index (χ4n) is 2.99. The largest absolute Gasteiger partial charge is 0.410 e. The van der Waals surface area contributed by atoms with E-state index in [0.717, 1.165) is 37.4 Å². The number of hydrogen-bond donors (Lipinski definition) is 1. The molecule has 2 heterocycles. The van der Waals surface area contributed by atoms with Gasteiger partial charge < -0.3 is 10.5 Å². The van der Waals surface area contributed by atoms with Crippen LogP contribution in [0.5, 0.6) is 5.75 Å². The molecule has 2 N–H and O–H groups in total. The maximum Gasteiger partial charge on any atom is 0.410 e.